The van der Waals surface area contributed by atoms with E-state index in [1.54, 1.807) is 87.0 Å². The van der Waals surface area contributed by atoms with Crippen molar-refractivity contribution < 1.29 is 28.5 Å². The van der Waals surface area contributed by atoms with Crippen LogP contribution in [0.4, 0.5) is 0 Å². The lowest BCUT2D eigenvalue weighted by atomic mass is 9.86. The maximum Gasteiger partial charge on any atom is 0.343 e. The number of carbonyl (C=O) groups is 2. The molecule has 8 rings (SSSR count). The molecule has 58 heavy (non-hydrogen) atoms. The Morgan fingerprint density at radius 3 is 1.12 bits per heavy atom. The van der Waals surface area contributed by atoms with Crippen LogP contribution in [0.25, 0.3) is 57.0 Å². The normalized spacial score (nSPS) is 11.3. The zero-order valence-corrected chi connectivity index (χ0v) is 31.9. The molecule has 0 N–H and O–H groups in total. The summed E-state index contributed by atoms with van der Waals surface area (Å²) in [5.74, 6) is 1.40. The molecule has 0 spiro atoms. The van der Waals surface area contributed by atoms with E-state index < -0.39 is 11.9 Å². The van der Waals surface area contributed by atoms with Crippen LogP contribution in [0.5, 0.6) is 23.0 Å². The average molecular weight is 759 g/mol. The van der Waals surface area contributed by atoms with E-state index in [-0.39, 0.29) is 0 Å². The monoisotopic (exact) mass is 758 g/mol. The topological polar surface area (TPSA) is 71.1 Å². The molecule has 6 heteroatoms. The zero-order valence-electron chi connectivity index (χ0n) is 31.9. The first-order valence-corrected chi connectivity index (χ1v) is 18.8. The third-order valence-corrected chi connectivity index (χ3v) is 9.92. The highest BCUT2D eigenvalue weighted by atomic mass is 16.5. The molecule has 0 unspecified atom stereocenters. The molecule has 8 aromatic carbocycles. The lowest BCUT2D eigenvalue weighted by molar-refractivity contribution is 0.0725. The minimum absolute atomic E-state index is 0.433. The average Bonchev–Trinajstić information content (AvgIpc) is 3.28. The molecule has 0 heterocycles. The largest absolute Gasteiger partial charge is 0.497 e. The van der Waals surface area contributed by atoms with Crippen molar-refractivity contribution in [1.82, 2.24) is 0 Å². The van der Waals surface area contributed by atoms with Gasteiger partial charge in [-0.3, -0.25) is 0 Å². The maximum absolute atomic E-state index is 12.9. The minimum atomic E-state index is -0.433. The van der Waals surface area contributed by atoms with Gasteiger partial charge in [-0.1, -0.05) is 121 Å². The number of hydrogen-bond donors (Lipinski definition) is 0. The molecular formula is C52H38O6. The van der Waals surface area contributed by atoms with E-state index in [4.69, 9.17) is 18.9 Å². The Kier molecular flexibility index (Phi) is 10.9. The summed E-state index contributed by atoms with van der Waals surface area (Å²) in [4.78, 5) is 25.8. The van der Waals surface area contributed by atoms with Gasteiger partial charge in [0.25, 0.3) is 0 Å². The standard InChI is InChI=1S/C52H38O6/c1-55-43-27-31-45(32-28-43)57-51(53)41-19-13-35(14-20-41)11-17-39-25-23-37-7-3-5-9-47(37)49(39)50-40(26-24-38-8-4-6-10-48(38)50)18-12-36-15-21-42(22-16-36)52(54)58-46-33-29-44(56-2)30-34-46/h3-34H,1-2H3/b17-11+,18-12+. The number of carbonyl (C=O) groups excluding carboxylic acids is 2. The third-order valence-electron chi connectivity index (χ3n) is 9.92. The lowest BCUT2D eigenvalue weighted by Gasteiger charge is -2.17. The molecule has 8 aromatic rings. The number of methoxy groups -OCH3 is 2. The summed E-state index contributed by atoms with van der Waals surface area (Å²) in [6, 6.07) is 54.1. The van der Waals surface area contributed by atoms with Crippen molar-refractivity contribution in [3.05, 3.63) is 203 Å². The number of rotatable bonds is 11. The Balaban J connectivity index is 1.10. The van der Waals surface area contributed by atoms with Crippen LogP contribution in [-0.4, -0.2) is 26.2 Å². The third kappa shape index (κ3) is 8.27. The van der Waals surface area contributed by atoms with E-state index in [9.17, 15) is 9.59 Å². The van der Waals surface area contributed by atoms with Crippen molar-refractivity contribution in [3.63, 3.8) is 0 Å². The second-order valence-corrected chi connectivity index (χ2v) is 13.5. The van der Waals surface area contributed by atoms with Gasteiger partial charge in [-0.2, -0.15) is 0 Å². The molecule has 6 nitrogen and oxygen atoms in total. The van der Waals surface area contributed by atoms with Crippen LogP contribution >= 0.6 is 0 Å². The molecule has 0 aliphatic rings. The Labute approximate surface area is 336 Å². The van der Waals surface area contributed by atoms with Crippen LogP contribution in [0, 0.1) is 0 Å². The van der Waals surface area contributed by atoms with E-state index in [2.05, 4.69) is 97.1 Å². The molecule has 0 saturated heterocycles. The van der Waals surface area contributed by atoms with Crippen LogP contribution in [0.1, 0.15) is 43.0 Å². The highest BCUT2D eigenvalue weighted by molar-refractivity contribution is 6.11. The fourth-order valence-electron chi connectivity index (χ4n) is 6.86. The smallest absolute Gasteiger partial charge is 0.343 e. The number of benzene rings is 8. The molecule has 0 fully saturated rings. The van der Waals surface area contributed by atoms with Gasteiger partial charge in [0.2, 0.25) is 0 Å². The van der Waals surface area contributed by atoms with Gasteiger partial charge in [0.15, 0.2) is 0 Å². The molecule has 0 aromatic heterocycles. The Morgan fingerprint density at radius 1 is 0.379 bits per heavy atom. The van der Waals surface area contributed by atoms with Gasteiger partial charge >= 0.3 is 11.9 Å². The quantitative estimate of drug-likeness (QED) is 0.0743. The van der Waals surface area contributed by atoms with Crippen LogP contribution < -0.4 is 18.9 Å². The van der Waals surface area contributed by atoms with Gasteiger partial charge in [-0.15, -0.1) is 0 Å². The Bertz CT molecular complexity index is 2600. The maximum atomic E-state index is 12.9. The van der Waals surface area contributed by atoms with Gasteiger partial charge in [-0.25, -0.2) is 9.59 Å². The van der Waals surface area contributed by atoms with E-state index in [0.29, 0.717) is 34.1 Å². The van der Waals surface area contributed by atoms with Gasteiger partial charge in [0.05, 0.1) is 25.3 Å². The molecular weight excluding hydrogens is 721 g/mol. The van der Waals surface area contributed by atoms with Gasteiger partial charge in [-0.05, 0) is 128 Å². The fourth-order valence-corrected chi connectivity index (χ4v) is 6.86. The second kappa shape index (κ2) is 17.0. The second-order valence-electron chi connectivity index (χ2n) is 13.5. The first kappa shape index (κ1) is 37.2. The van der Waals surface area contributed by atoms with Crippen LogP contribution in [0.3, 0.4) is 0 Å². The number of ether oxygens (including phenoxy) is 4. The minimum Gasteiger partial charge on any atom is -0.497 e. The highest BCUT2D eigenvalue weighted by Crippen LogP contribution is 2.40. The van der Waals surface area contributed by atoms with Crippen molar-refractivity contribution in [1.29, 1.82) is 0 Å². The first-order chi connectivity index (χ1) is 28.4. The number of fused-ring (bicyclic) bond motifs is 2. The Hall–Kier alpha value is -7.70. The van der Waals surface area contributed by atoms with Gasteiger partial charge < -0.3 is 18.9 Å². The zero-order chi connectivity index (χ0) is 39.8. The molecule has 0 atom stereocenters. The summed E-state index contributed by atoms with van der Waals surface area (Å²) in [5.41, 5.74) is 7.11. The van der Waals surface area contributed by atoms with E-state index in [1.807, 2.05) is 24.3 Å². The summed E-state index contributed by atoms with van der Waals surface area (Å²) in [5, 5.41) is 4.53. The van der Waals surface area contributed by atoms with E-state index in [0.717, 1.165) is 54.9 Å². The number of esters is 2. The van der Waals surface area contributed by atoms with E-state index >= 15 is 0 Å². The van der Waals surface area contributed by atoms with Gasteiger partial charge in [0.1, 0.15) is 23.0 Å². The number of hydrogen-bond acceptors (Lipinski definition) is 6. The van der Waals surface area contributed by atoms with Crippen LogP contribution in [0.2, 0.25) is 0 Å². The van der Waals surface area contributed by atoms with Crippen LogP contribution in [0.15, 0.2) is 170 Å². The summed E-state index contributed by atoms with van der Waals surface area (Å²) < 4.78 is 21.5. The van der Waals surface area contributed by atoms with Crippen LogP contribution in [-0.2, 0) is 0 Å². The highest BCUT2D eigenvalue weighted by Gasteiger charge is 2.16. The summed E-state index contributed by atoms with van der Waals surface area (Å²) in [6.45, 7) is 0. The molecule has 0 amide bonds. The Morgan fingerprint density at radius 2 is 0.741 bits per heavy atom. The molecule has 0 radical (unpaired) electrons. The van der Waals surface area contributed by atoms with Crippen molar-refractivity contribution in [2.45, 2.75) is 0 Å². The molecule has 0 saturated carbocycles. The summed E-state index contributed by atoms with van der Waals surface area (Å²) >= 11 is 0. The first-order valence-electron chi connectivity index (χ1n) is 18.8. The lowest BCUT2D eigenvalue weighted by Crippen LogP contribution is -2.08. The molecule has 282 valence electrons. The summed E-state index contributed by atoms with van der Waals surface area (Å²) in [7, 11) is 3.18. The molecule has 0 aliphatic heterocycles. The van der Waals surface area contributed by atoms with E-state index in [1.165, 1.54) is 0 Å². The predicted molar refractivity (Wildman–Crippen MR) is 234 cm³/mol. The van der Waals surface area contributed by atoms with Crippen molar-refractivity contribution in [3.8, 4) is 34.1 Å². The molecule has 0 bridgehead atoms. The van der Waals surface area contributed by atoms with Gasteiger partial charge in [0, 0.05) is 0 Å². The fraction of sp³-hybridized carbons (Fsp3) is 0.0385. The van der Waals surface area contributed by atoms with Crippen molar-refractivity contribution in [2.24, 2.45) is 0 Å². The SMILES string of the molecule is COc1ccc(OC(=O)c2ccc(/C=C/c3ccc4ccccc4c3-c3c(/C=C/c4ccc(C(=O)Oc5ccc(OC)cc5)cc4)ccc4ccccc34)cc2)cc1. The van der Waals surface area contributed by atoms with Crippen molar-refractivity contribution in [2.75, 3.05) is 14.2 Å². The predicted octanol–water partition coefficient (Wildman–Crippen LogP) is 12.5. The summed E-state index contributed by atoms with van der Waals surface area (Å²) in [6.07, 6.45) is 8.39. The van der Waals surface area contributed by atoms with Crippen molar-refractivity contribution >= 4 is 57.8 Å². The molecule has 0 aliphatic carbocycles.